The van der Waals surface area contributed by atoms with Crippen molar-refractivity contribution in [3.63, 3.8) is 0 Å². The van der Waals surface area contributed by atoms with Gasteiger partial charge in [-0.2, -0.15) is 4.89 Å². The van der Waals surface area contributed by atoms with Gasteiger partial charge in [-0.25, -0.2) is 4.79 Å². The summed E-state index contributed by atoms with van der Waals surface area (Å²) < 4.78 is 16.5. The maximum atomic E-state index is 11.6. The number of hydrogen-bond acceptors (Lipinski definition) is 4. The molecule has 0 bridgehead atoms. The van der Waals surface area contributed by atoms with Crippen molar-refractivity contribution in [2.24, 2.45) is 0 Å². The van der Waals surface area contributed by atoms with Crippen molar-refractivity contribution in [1.82, 2.24) is 0 Å². The van der Waals surface area contributed by atoms with Gasteiger partial charge in [0.1, 0.15) is 0 Å². The van der Waals surface area contributed by atoms with Gasteiger partial charge in [-0.15, -0.1) is 0 Å². The number of carbonyl (C=O) groups excluding carboxylic acids is 1. The van der Waals surface area contributed by atoms with Gasteiger partial charge in [0.25, 0.3) is 5.78 Å². The molecule has 0 aliphatic carbocycles. The van der Waals surface area contributed by atoms with Gasteiger partial charge in [0.2, 0.25) is 0 Å². The first-order valence-electron chi connectivity index (χ1n) is 6.85. The Balaban J connectivity index is 0.00000264. The van der Waals surface area contributed by atoms with Gasteiger partial charge in [-0.1, -0.05) is 30.3 Å². The molecule has 0 radical (unpaired) electrons. The van der Waals surface area contributed by atoms with Crippen molar-refractivity contribution in [3.8, 4) is 0 Å². The Kier molecular flexibility index (Phi) is 8.45. The minimum absolute atomic E-state index is 0. The molecule has 7 heteroatoms. The number of anilines is 1. The summed E-state index contributed by atoms with van der Waals surface area (Å²) in [4.78, 5) is 21.1. The predicted octanol–water partition coefficient (Wildman–Crippen LogP) is 0.713. The van der Waals surface area contributed by atoms with Gasteiger partial charge in [0.05, 0.1) is 12.2 Å². The number of rotatable bonds is 6. The SMILES string of the molecule is CCOC(=O)c1ccc(NC(c2ccccc2)[P+](=O)O)cc1.[Na+]. The molecule has 5 nitrogen and oxygen atoms in total. The van der Waals surface area contributed by atoms with Gasteiger partial charge in [-0.3, -0.25) is 0 Å². The molecule has 2 atom stereocenters. The van der Waals surface area contributed by atoms with E-state index < -0.39 is 13.8 Å². The first-order valence-corrected chi connectivity index (χ1v) is 8.14. The molecule has 2 aromatic rings. The van der Waals surface area contributed by atoms with Crippen molar-refractivity contribution in [2.45, 2.75) is 12.7 Å². The average molecular weight is 341 g/mol. The molecule has 2 rings (SSSR count). The van der Waals surface area contributed by atoms with Gasteiger partial charge in [-0.05, 0) is 35.8 Å². The maximum Gasteiger partial charge on any atom is 1.00 e. The Hall–Kier alpha value is -1.23. The predicted molar refractivity (Wildman–Crippen MR) is 85.0 cm³/mol. The molecule has 0 aliphatic heterocycles. The Morgan fingerprint density at radius 1 is 1.17 bits per heavy atom. The van der Waals surface area contributed by atoms with Crippen LogP contribution < -0.4 is 34.9 Å². The fourth-order valence-corrected chi connectivity index (χ4v) is 2.66. The normalized spacial score (nSPS) is 11.8. The zero-order valence-corrected chi connectivity index (χ0v) is 16.0. The number of nitrogens with one attached hydrogen (secondary N) is 1. The molecule has 2 unspecified atom stereocenters. The van der Waals surface area contributed by atoms with E-state index in [9.17, 15) is 14.3 Å². The molecule has 2 aromatic carbocycles. The number of benzene rings is 2. The third-order valence-electron chi connectivity index (χ3n) is 3.04. The van der Waals surface area contributed by atoms with Crippen LogP contribution in [0.25, 0.3) is 0 Å². The summed E-state index contributed by atoms with van der Waals surface area (Å²) in [6.07, 6.45) is 0. The largest absolute Gasteiger partial charge is 1.00 e. The third kappa shape index (κ3) is 5.72. The first kappa shape index (κ1) is 19.8. The molecule has 23 heavy (non-hydrogen) atoms. The summed E-state index contributed by atoms with van der Waals surface area (Å²) in [7, 11) is -2.44. The van der Waals surface area contributed by atoms with Crippen LogP contribution in [-0.4, -0.2) is 17.5 Å². The third-order valence-corrected chi connectivity index (χ3v) is 3.90. The Morgan fingerprint density at radius 2 is 1.78 bits per heavy atom. The van der Waals surface area contributed by atoms with Crippen LogP contribution in [0.4, 0.5) is 5.69 Å². The van der Waals surface area contributed by atoms with Crippen molar-refractivity contribution in [1.29, 1.82) is 0 Å². The Bertz CT molecular complexity index is 649. The Morgan fingerprint density at radius 3 is 2.30 bits per heavy atom. The zero-order valence-electron chi connectivity index (χ0n) is 13.1. The minimum Gasteiger partial charge on any atom is -0.462 e. The molecule has 0 saturated heterocycles. The van der Waals surface area contributed by atoms with Gasteiger partial charge in [0, 0.05) is 11.3 Å². The summed E-state index contributed by atoms with van der Waals surface area (Å²) in [5.74, 6) is -1.09. The van der Waals surface area contributed by atoms with Crippen LogP contribution in [-0.2, 0) is 9.30 Å². The van der Waals surface area contributed by atoms with Gasteiger partial charge >= 0.3 is 43.6 Å². The zero-order chi connectivity index (χ0) is 15.9. The molecule has 0 aromatic heterocycles. The van der Waals surface area contributed by atoms with Crippen molar-refractivity contribution in [3.05, 3.63) is 65.7 Å². The van der Waals surface area contributed by atoms with Crippen molar-refractivity contribution >= 4 is 19.7 Å². The first-order chi connectivity index (χ1) is 10.6. The fourth-order valence-electron chi connectivity index (χ4n) is 1.98. The summed E-state index contributed by atoms with van der Waals surface area (Å²) in [6, 6.07) is 15.6. The van der Waals surface area contributed by atoms with E-state index in [2.05, 4.69) is 5.32 Å². The minimum atomic E-state index is -2.44. The molecule has 2 N–H and O–H groups in total. The molecule has 0 spiro atoms. The van der Waals surface area contributed by atoms with Crippen LogP contribution in [0.2, 0.25) is 0 Å². The second-order valence-corrected chi connectivity index (χ2v) is 5.68. The van der Waals surface area contributed by atoms with E-state index in [0.717, 1.165) is 5.56 Å². The van der Waals surface area contributed by atoms with Crippen molar-refractivity contribution in [2.75, 3.05) is 11.9 Å². The van der Waals surface area contributed by atoms with E-state index in [0.29, 0.717) is 17.9 Å². The van der Waals surface area contributed by atoms with Crippen LogP contribution >= 0.6 is 8.03 Å². The second-order valence-electron chi connectivity index (χ2n) is 4.56. The molecular formula is C16H17NNaO4P+2. The van der Waals surface area contributed by atoms with Gasteiger partial charge in [0.15, 0.2) is 0 Å². The molecule has 0 saturated carbocycles. The maximum absolute atomic E-state index is 11.6. The number of ether oxygens (including phenoxy) is 1. The van der Waals surface area contributed by atoms with Crippen LogP contribution in [0.3, 0.4) is 0 Å². The van der Waals surface area contributed by atoms with Crippen LogP contribution in [0.5, 0.6) is 0 Å². The summed E-state index contributed by atoms with van der Waals surface area (Å²) in [6.45, 7) is 2.07. The van der Waals surface area contributed by atoms with Gasteiger partial charge < -0.3 is 10.1 Å². The van der Waals surface area contributed by atoms with Crippen molar-refractivity contribution < 1.29 is 48.5 Å². The van der Waals surface area contributed by atoms with E-state index in [1.54, 1.807) is 43.3 Å². The monoisotopic (exact) mass is 341 g/mol. The standard InChI is InChI=1S/C16H16NO4P.Na/c1-2-21-16(18)13-8-10-14(11-9-13)17-15(22(19)20)12-6-4-3-5-7-12;/h3-11,15H,2H2,1H3,(H-,17,18,19,20);/q;+1/p+1. The average Bonchev–Trinajstić information content (AvgIpc) is 2.54. The van der Waals surface area contributed by atoms with Crippen LogP contribution in [0, 0.1) is 0 Å². The second kappa shape index (κ2) is 9.81. The van der Waals surface area contributed by atoms with E-state index in [-0.39, 0.29) is 35.5 Å². The van der Waals surface area contributed by atoms with E-state index in [1.165, 1.54) is 0 Å². The molecule has 114 valence electrons. The number of esters is 1. The van der Waals surface area contributed by atoms with E-state index in [4.69, 9.17) is 4.74 Å². The molecule has 0 amide bonds. The summed E-state index contributed by atoms with van der Waals surface area (Å²) >= 11 is 0. The Labute approximate surface area is 158 Å². The summed E-state index contributed by atoms with van der Waals surface area (Å²) in [5, 5.41) is 3.01. The molecular weight excluding hydrogens is 324 g/mol. The summed E-state index contributed by atoms with van der Waals surface area (Å²) in [5.41, 5.74) is 1.82. The fraction of sp³-hybridized carbons (Fsp3) is 0.188. The molecule has 0 heterocycles. The number of hydrogen-bond donors (Lipinski definition) is 2. The quantitative estimate of drug-likeness (QED) is 0.460. The van der Waals surface area contributed by atoms with Crippen LogP contribution in [0.1, 0.15) is 28.6 Å². The molecule has 0 aliphatic rings. The molecule has 0 fully saturated rings. The van der Waals surface area contributed by atoms with E-state index >= 15 is 0 Å². The van der Waals surface area contributed by atoms with Crippen LogP contribution in [0.15, 0.2) is 54.6 Å². The number of carbonyl (C=O) groups is 1. The topological polar surface area (TPSA) is 75.6 Å². The smallest absolute Gasteiger partial charge is 0.462 e. The van der Waals surface area contributed by atoms with E-state index in [1.807, 2.05) is 18.2 Å².